The highest BCUT2D eigenvalue weighted by atomic mass is 32.2. The predicted molar refractivity (Wildman–Crippen MR) is 158 cm³/mol. The van der Waals surface area contributed by atoms with Crippen LogP contribution in [0.2, 0.25) is 0 Å². The molecular formula is C33H36N2O3S. The van der Waals surface area contributed by atoms with E-state index < -0.39 is 10.0 Å². The minimum atomic E-state index is -3.92. The Morgan fingerprint density at radius 1 is 0.692 bits per heavy atom. The molecule has 0 aliphatic heterocycles. The van der Waals surface area contributed by atoms with Crippen molar-refractivity contribution in [3.05, 3.63) is 131 Å². The fourth-order valence-corrected chi connectivity index (χ4v) is 5.79. The van der Waals surface area contributed by atoms with E-state index in [1.54, 1.807) is 36.4 Å². The molecule has 4 aromatic rings. The van der Waals surface area contributed by atoms with Crippen molar-refractivity contribution in [1.29, 1.82) is 0 Å². The van der Waals surface area contributed by atoms with Gasteiger partial charge in [0.1, 0.15) is 0 Å². The molecule has 2 atom stereocenters. The van der Waals surface area contributed by atoms with Gasteiger partial charge in [0.25, 0.3) is 15.9 Å². The molecule has 0 saturated heterocycles. The Bertz CT molecular complexity index is 1470. The van der Waals surface area contributed by atoms with Crippen molar-refractivity contribution in [3.8, 4) is 0 Å². The molecule has 0 aliphatic carbocycles. The number of sulfonamides is 1. The van der Waals surface area contributed by atoms with Crippen molar-refractivity contribution in [2.75, 3.05) is 4.72 Å². The SMILES string of the molecule is C[C@@H](c1ccccc1)N(C(=O)c1ccccc1NS(=O)(=O)c1ccc(C(C)(C)C)cc1)[C@@H](C)c1ccccc1. The van der Waals surface area contributed by atoms with Gasteiger partial charge >= 0.3 is 0 Å². The molecular weight excluding hydrogens is 504 g/mol. The first-order valence-corrected chi connectivity index (χ1v) is 14.6. The Hall–Kier alpha value is -3.90. The number of carbonyl (C=O) groups is 1. The number of amides is 1. The van der Waals surface area contributed by atoms with E-state index in [2.05, 4.69) is 25.5 Å². The van der Waals surface area contributed by atoms with Crippen LogP contribution in [0.1, 0.15) is 73.8 Å². The summed E-state index contributed by atoms with van der Waals surface area (Å²) in [6, 6.07) is 32.8. The topological polar surface area (TPSA) is 66.5 Å². The van der Waals surface area contributed by atoms with Crippen LogP contribution in [0.3, 0.4) is 0 Å². The van der Waals surface area contributed by atoms with Crippen molar-refractivity contribution in [2.45, 2.75) is 57.0 Å². The second-order valence-corrected chi connectivity index (χ2v) is 12.5. The summed E-state index contributed by atoms with van der Waals surface area (Å²) in [5.74, 6) is -0.260. The maximum Gasteiger partial charge on any atom is 0.261 e. The van der Waals surface area contributed by atoms with E-state index in [4.69, 9.17) is 0 Å². The smallest absolute Gasteiger partial charge is 0.261 e. The molecule has 4 aromatic carbocycles. The van der Waals surface area contributed by atoms with Crippen LogP contribution in [-0.4, -0.2) is 19.2 Å². The third-order valence-electron chi connectivity index (χ3n) is 7.07. The second kappa shape index (κ2) is 11.5. The standard InChI is InChI=1S/C33H36N2O3S/c1-24(26-14-8-6-9-15-26)35(25(2)27-16-10-7-11-17-27)32(36)30-18-12-13-19-31(30)34-39(37,38)29-22-20-28(21-23-29)33(3,4)5/h6-25,34H,1-5H3/t24-,25-/m0/s1. The summed E-state index contributed by atoms with van der Waals surface area (Å²) in [5.41, 5.74) is 3.46. The van der Waals surface area contributed by atoms with Gasteiger partial charge in [-0.25, -0.2) is 8.42 Å². The van der Waals surface area contributed by atoms with Crippen molar-refractivity contribution < 1.29 is 13.2 Å². The molecule has 39 heavy (non-hydrogen) atoms. The Balaban J connectivity index is 1.71. The molecule has 202 valence electrons. The number of nitrogens with zero attached hydrogens (tertiary/aromatic N) is 1. The Morgan fingerprint density at radius 3 is 1.64 bits per heavy atom. The van der Waals surface area contributed by atoms with E-state index in [1.807, 2.05) is 91.5 Å². The Kier molecular flexibility index (Phi) is 8.26. The van der Waals surface area contributed by atoms with Crippen LogP contribution in [0.5, 0.6) is 0 Å². The average molecular weight is 541 g/mol. The van der Waals surface area contributed by atoms with Crippen LogP contribution >= 0.6 is 0 Å². The summed E-state index contributed by atoms with van der Waals surface area (Å²) < 4.78 is 29.4. The minimum absolute atomic E-state index is 0.0942. The summed E-state index contributed by atoms with van der Waals surface area (Å²) in [7, 11) is -3.92. The van der Waals surface area contributed by atoms with Gasteiger partial charge in [-0.3, -0.25) is 9.52 Å². The van der Waals surface area contributed by atoms with Crippen LogP contribution in [0.15, 0.2) is 114 Å². The lowest BCUT2D eigenvalue weighted by Gasteiger charge is -2.36. The predicted octanol–water partition coefficient (Wildman–Crippen LogP) is 7.75. The Labute approximate surface area is 232 Å². The van der Waals surface area contributed by atoms with Gasteiger partial charge < -0.3 is 4.90 Å². The van der Waals surface area contributed by atoms with E-state index >= 15 is 0 Å². The fourth-order valence-electron chi connectivity index (χ4n) is 4.71. The number of rotatable bonds is 8. The van der Waals surface area contributed by atoms with Crippen LogP contribution in [0.25, 0.3) is 0 Å². The van der Waals surface area contributed by atoms with Gasteiger partial charge in [-0.05, 0) is 60.2 Å². The fraction of sp³-hybridized carbons (Fsp3) is 0.242. The summed E-state index contributed by atoms with van der Waals surface area (Å²) in [5, 5.41) is 0. The lowest BCUT2D eigenvalue weighted by molar-refractivity contribution is 0.0605. The quantitative estimate of drug-likeness (QED) is 0.248. The first-order chi connectivity index (χ1) is 18.5. The number of hydrogen-bond acceptors (Lipinski definition) is 3. The monoisotopic (exact) mass is 540 g/mol. The summed E-state index contributed by atoms with van der Waals surface area (Å²) in [4.78, 5) is 16.2. The van der Waals surface area contributed by atoms with Crippen molar-refractivity contribution in [2.24, 2.45) is 0 Å². The molecule has 0 bridgehead atoms. The van der Waals surface area contributed by atoms with Crippen LogP contribution in [0.4, 0.5) is 5.69 Å². The number of nitrogens with one attached hydrogen (secondary N) is 1. The van der Waals surface area contributed by atoms with Gasteiger partial charge in [-0.2, -0.15) is 0 Å². The highest BCUT2D eigenvalue weighted by molar-refractivity contribution is 7.92. The van der Waals surface area contributed by atoms with E-state index in [0.717, 1.165) is 16.7 Å². The summed E-state index contributed by atoms with van der Waals surface area (Å²) >= 11 is 0. The Morgan fingerprint density at radius 2 is 1.15 bits per heavy atom. The maximum absolute atomic E-state index is 14.3. The van der Waals surface area contributed by atoms with Crippen LogP contribution < -0.4 is 4.72 Å². The zero-order valence-electron chi connectivity index (χ0n) is 23.1. The van der Waals surface area contributed by atoms with Gasteiger partial charge in [0, 0.05) is 0 Å². The number of hydrogen-bond donors (Lipinski definition) is 1. The molecule has 0 unspecified atom stereocenters. The van der Waals surface area contributed by atoms with Gasteiger partial charge in [0.05, 0.1) is 28.2 Å². The number of anilines is 1. The number of para-hydroxylation sites is 1. The second-order valence-electron chi connectivity index (χ2n) is 10.8. The van der Waals surface area contributed by atoms with Gasteiger partial charge in [-0.1, -0.05) is 106 Å². The molecule has 5 nitrogen and oxygen atoms in total. The molecule has 0 fully saturated rings. The molecule has 4 rings (SSSR count). The molecule has 0 aromatic heterocycles. The van der Waals surface area contributed by atoms with Crippen molar-refractivity contribution >= 4 is 21.6 Å². The zero-order valence-corrected chi connectivity index (χ0v) is 23.9. The van der Waals surface area contributed by atoms with Gasteiger partial charge in [0.15, 0.2) is 0 Å². The summed E-state index contributed by atoms with van der Waals surface area (Å²) in [6.45, 7) is 10.2. The molecule has 1 N–H and O–H groups in total. The number of benzene rings is 4. The first kappa shape index (κ1) is 28.1. The molecule has 0 heterocycles. The van der Waals surface area contributed by atoms with E-state index in [0.29, 0.717) is 0 Å². The highest BCUT2D eigenvalue weighted by Crippen LogP contribution is 2.34. The van der Waals surface area contributed by atoms with Crippen molar-refractivity contribution in [3.63, 3.8) is 0 Å². The number of carbonyl (C=O) groups excluding carboxylic acids is 1. The van der Waals surface area contributed by atoms with Crippen LogP contribution in [-0.2, 0) is 15.4 Å². The first-order valence-electron chi connectivity index (χ1n) is 13.1. The largest absolute Gasteiger partial charge is 0.325 e. The lowest BCUT2D eigenvalue weighted by atomic mass is 9.87. The maximum atomic E-state index is 14.3. The molecule has 6 heteroatoms. The van der Waals surface area contributed by atoms with Gasteiger partial charge in [0.2, 0.25) is 0 Å². The van der Waals surface area contributed by atoms with Gasteiger partial charge in [-0.15, -0.1) is 0 Å². The van der Waals surface area contributed by atoms with E-state index in [9.17, 15) is 13.2 Å². The van der Waals surface area contributed by atoms with E-state index in [1.165, 1.54) is 0 Å². The average Bonchev–Trinajstić information content (AvgIpc) is 2.93. The highest BCUT2D eigenvalue weighted by Gasteiger charge is 2.30. The lowest BCUT2D eigenvalue weighted by Crippen LogP contribution is -2.36. The molecule has 0 spiro atoms. The molecule has 1 amide bonds. The molecule has 0 aliphatic rings. The van der Waals surface area contributed by atoms with Crippen molar-refractivity contribution in [1.82, 2.24) is 4.90 Å². The summed E-state index contributed by atoms with van der Waals surface area (Å²) in [6.07, 6.45) is 0. The van der Waals surface area contributed by atoms with E-state index in [-0.39, 0.29) is 39.6 Å². The third kappa shape index (κ3) is 6.40. The third-order valence-corrected chi connectivity index (χ3v) is 8.45. The zero-order chi connectivity index (χ0) is 28.2. The normalized spacial score (nSPS) is 13.4. The minimum Gasteiger partial charge on any atom is -0.325 e. The molecule has 0 radical (unpaired) electrons. The molecule has 0 saturated carbocycles. The van der Waals surface area contributed by atoms with Crippen LogP contribution in [0, 0.1) is 0 Å².